The Balaban J connectivity index is 1.71. The lowest BCUT2D eigenvalue weighted by Crippen LogP contribution is -2.15. The zero-order chi connectivity index (χ0) is 19.4. The number of aromatic nitrogens is 2. The molecule has 3 rings (SSSR count). The van der Waals surface area contributed by atoms with Gasteiger partial charge in [-0.25, -0.2) is 4.79 Å². The summed E-state index contributed by atoms with van der Waals surface area (Å²) in [4.78, 5) is 23.8. The number of aryl methyl sites for hydroxylation is 1. The van der Waals surface area contributed by atoms with Gasteiger partial charge >= 0.3 is 5.97 Å². The number of carboxylic acid groups (broad SMARTS) is 1. The van der Waals surface area contributed by atoms with E-state index >= 15 is 0 Å². The van der Waals surface area contributed by atoms with Crippen molar-refractivity contribution in [3.8, 4) is 5.75 Å². The first-order valence-corrected chi connectivity index (χ1v) is 8.36. The molecule has 1 heterocycles. The number of carbonyl (C=O) groups excluding carboxylic acids is 1. The lowest BCUT2D eigenvalue weighted by molar-refractivity contribution is 0.0686. The minimum Gasteiger partial charge on any atom is -0.489 e. The predicted octanol–water partition coefficient (Wildman–Crippen LogP) is 3.60. The third-order valence-corrected chi connectivity index (χ3v) is 4.02. The topological polar surface area (TPSA) is 93.5 Å². The molecule has 138 valence electrons. The lowest BCUT2D eigenvalue weighted by Gasteiger charge is -2.09. The molecule has 3 aromatic rings. The van der Waals surface area contributed by atoms with Crippen LogP contribution in [0.25, 0.3) is 0 Å². The van der Waals surface area contributed by atoms with Crippen LogP contribution < -0.4 is 10.1 Å². The number of benzene rings is 2. The minimum atomic E-state index is -1.17. The van der Waals surface area contributed by atoms with E-state index in [-0.39, 0.29) is 18.0 Å². The summed E-state index contributed by atoms with van der Waals surface area (Å²) < 4.78 is 6.86. The number of halogens is 1. The summed E-state index contributed by atoms with van der Waals surface area (Å²) in [6.07, 6.45) is 1.30. The van der Waals surface area contributed by atoms with E-state index in [1.807, 2.05) is 6.07 Å². The molecule has 0 fully saturated rings. The van der Waals surface area contributed by atoms with Crippen LogP contribution in [0, 0.1) is 0 Å². The molecule has 1 aromatic heterocycles. The maximum Gasteiger partial charge on any atom is 0.356 e. The monoisotopic (exact) mass is 385 g/mol. The fourth-order valence-corrected chi connectivity index (χ4v) is 2.68. The number of amides is 1. The smallest absolute Gasteiger partial charge is 0.356 e. The molecule has 0 radical (unpaired) electrons. The molecule has 1 amide bonds. The third kappa shape index (κ3) is 4.45. The number of nitrogens with zero attached hydrogens (tertiary/aromatic N) is 2. The van der Waals surface area contributed by atoms with Crippen molar-refractivity contribution >= 4 is 29.2 Å². The van der Waals surface area contributed by atoms with Crippen molar-refractivity contribution in [1.82, 2.24) is 9.78 Å². The van der Waals surface area contributed by atoms with Crippen LogP contribution >= 0.6 is 11.6 Å². The van der Waals surface area contributed by atoms with Crippen LogP contribution in [-0.2, 0) is 13.7 Å². The number of rotatable bonds is 6. The Hall–Kier alpha value is -3.32. The number of hydrogen-bond acceptors (Lipinski definition) is 4. The molecule has 7 nitrogen and oxygen atoms in total. The normalized spacial score (nSPS) is 10.4. The van der Waals surface area contributed by atoms with Gasteiger partial charge in [0.05, 0.1) is 11.9 Å². The molecule has 0 aliphatic rings. The molecule has 0 aliphatic heterocycles. The minimum absolute atomic E-state index is 0.0937. The van der Waals surface area contributed by atoms with Crippen LogP contribution in [0.5, 0.6) is 5.75 Å². The molecule has 0 aliphatic carbocycles. The van der Waals surface area contributed by atoms with Gasteiger partial charge in [-0.1, -0.05) is 29.8 Å². The summed E-state index contributed by atoms with van der Waals surface area (Å²) in [5.41, 5.74) is 1.20. The Morgan fingerprint density at radius 3 is 2.74 bits per heavy atom. The van der Waals surface area contributed by atoms with Gasteiger partial charge in [0.25, 0.3) is 5.91 Å². The molecule has 27 heavy (non-hydrogen) atoms. The number of ether oxygens (including phenoxy) is 1. The number of carbonyl (C=O) groups is 2. The van der Waals surface area contributed by atoms with E-state index in [2.05, 4.69) is 10.4 Å². The second-order valence-electron chi connectivity index (χ2n) is 5.74. The van der Waals surface area contributed by atoms with E-state index < -0.39 is 11.9 Å². The van der Waals surface area contributed by atoms with Gasteiger partial charge in [-0.15, -0.1) is 0 Å². The van der Waals surface area contributed by atoms with Gasteiger partial charge in [-0.05, 0) is 35.9 Å². The molecule has 0 saturated carbocycles. The Morgan fingerprint density at radius 2 is 2.00 bits per heavy atom. The zero-order valence-electron chi connectivity index (χ0n) is 14.3. The largest absolute Gasteiger partial charge is 0.489 e. The molecule has 0 unspecified atom stereocenters. The standard InChI is InChI=1S/C19H16ClN3O4/c1-23-17(19(25)26)16(10-21-23)22-18(24)13-5-2-4-12(8-13)11-27-15-7-3-6-14(20)9-15/h2-10H,11H2,1H3,(H,22,24)(H,25,26). The number of hydrogen-bond donors (Lipinski definition) is 2. The van der Waals surface area contributed by atoms with Gasteiger partial charge in [0, 0.05) is 17.6 Å². The highest BCUT2D eigenvalue weighted by molar-refractivity contribution is 6.30. The number of nitrogens with one attached hydrogen (secondary N) is 1. The Bertz CT molecular complexity index is 1000. The number of carboxylic acids is 1. The number of aromatic carboxylic acids is 1. The first-order valence-electron chi connectivity index (χ1n) is 7.98. The fourth-order valence-electron chi connectivity index (χ4n) is 2.50. The van der Waals surface area contributed by atoms with Crippen molar-refractivity contribution in [2.45, 2.75) is 6.61 Å². The van der Waals surface area contributed by atoms with Gasteiger partial charge in [0.1, 0.15) is 12.4 Å². The molecule has 0 bridgehead atoms. The molecule has 8 heteroatoms. The van der Waals surface area contributed by atoms with Gasteiger partial charge in [0.15, 0.2) is 5.69 Å². The summed E-state index contributed by atoms with van der Waals surface area (Å²) in [5.74, 6) is -0.983. The molecule has 0 atom stereocenters. The van der Waals surface area contributed by atoms with Crippen molar-refractivity contribution in [2.75, 3.05) is 5.32 Å². The molecule has 0 saturated heterocycles. The summed E-state index contributed by atoms with van der Waals surface area (Å²) in [6.45, 7) is 0.259. The van der Waals surface area contributed by atoms with E-state index in [0.717, 1.165) is 5.56 Å². The summed E-state index contributed by atoms with van der Waals surface area (Å²) in [7, 11) is 1.49. The second kappa shape index (κ2) is 7.92. The SMILES string of the molecule is Cn1ncc(NC(=O)c2cccc(COc3cccc(Cl)c3)c2)c1C(=O)O. The van der Waals surface area contributed by atoms with Crippen LogP contribution in [0.1, 0.15) is 26.4 Å². The van der Waals surface area contributed by atoms with Crippen LogP contribution in [-0.4, -0.2) is 26.8 Å². The van der Waals surface area contributed by atoms with Gasteiger partial charge < -0.3 is 15.2 Å². The Labute approximate surface area is 160 Å². The van der Waals surface area contributed by atoms with Crippen LogP contribution in [0.15, 0.2) is 54.7 Å². The Morgan fingerprint density at radius 1 is 1.22 bits per heavy atom. The average molecular weight is 386 g/mol. The van der Waals surface area contributed by atoms with Crippen molar-refractivity contribution in [3.63, 3.8) is 0 Å². The molecule has 2 N–H and O–H groups in total. The first-order chi connectivity index (χ1) is 12.9. The second-order valence-corrected chi connectivity index (χ2v) is 6.17. The van der Waals surface area contributed by atoms with Crippen LogP contribution in [0.3, 0.4) is 0 Å². The molecule has 2 aromatic carbocycles. The number of anilines is 1. The Kier molecular flexibility index (Phi) is 5.42. The van der Waals surface area contributed by atoms with E-state index in [9.17, 15) is 14.7 Å². The van der Waals surface area contributed by atoms with Crippen molar-refractivity contribution in [3.05, 3.63) is 76.6 Å². The van der Waals surface area contributed by atoms with Gasteiger partial charge in [-0.2, -0.15) is 5.10 Å². The average Bonchev–Trinajstić information content (AvgIpc) is 3.00. The summed E-state index contributed by atoms with van der Waals surface area (Å²) in [6, 6.07) is 13.9. The highest BCUT2D eigenvalue weighted by atomic mass is 35.5. The highest BCUT2D eigenvalue weighted by Crippen LogP contribution is 2.19. The third-order valence-electron chi connectivity index (χ3n) is 3.78. The van der Waals surface area contributed by atoms with E-state index in [4.69, 9.17) is 16.3 Å². The van der Waals surface area contributed by atoms with Crippen LogP contribution in [0.4, 0.5) is 5.69 Å². The maximum absolute atomic E-state index is 12.5. The first kappa shape index (κ1) is 18.5. The van der Waals surface area contributed by atoms with Crippen molar-refractivity contribution in [1.29, 1.82) is 0 Å². The predicted molar refractivity (Wildman–Crippen MR) is 100 cm³/mol. The molecular weight excluding hydrogens is 370 g/mol. The van der Waals surface area contributed by atoms with Gasteiger partial charge in [0.2, 0.25) is 0 Å². The van der Waals surface area contributed by atoms with E-state index in [1.54, 1.807) is 42.5 Å². The van der Waals surface area contributed by atoms with Crippen molar-refractivity contribution < 1.29 is 19.4 Å². The fraction of sp³-hybridized carbons (Fsp3) is 0.105. The van der Waals surface area contributed by atoms with Crippen molar-refractivity contribution in [2.24, 2.45) is 7.05 Å². The van der Waals surface area contributed by atoms with Gasteiger partial charge in [-0.3, -0.25) is 9.48 Å². The molecular formula is C19H16ClN3O4. The quantitative estimate of drug-likeness (QED) is 0.676. The highest BCUT2D eigenvalue weighted by Gasteiger charge is 2.18. The van der Waals surface area contributed by atoms with E-state index in [1.165, 1.54) is 17.9 Å². The summed E-state index contributed by atoms with van der Waals surface area (Å²) >= 11 is 5.93. The molecule has 0 spiro atoms. The zero-order valence-corrected chi connectivity index (χ0v) is 15.1. The van der Waals surface area contributed by atoms with Crippen LogP contribution in [0.2, 0.25) is 5.02 Å². The summed E-state index contributed by atoms with van der Waals surface area (Å²) in [5, 5.41) is 16.2. The maximum atomic E-state index is 12.5. The lowest BCUT2D eigenvalue weighted by atomic mass is 10.1. The van der Waals surface area contributed by atoms with E-state index in [0.29, 0.717) is 16.3 Å².